The molecule has 0 saturated carbocycles. The number of nitriles is 2. The molecule has 0 saturated heterocycles. The van der Waals surface area contributed by atoms with Gasteiger partial charge < -0.3 is 5.32 Å². The third kappa shape index (κ3) is 3.65. The molecular formula is C16H10FN3O. The van der Waals surface area contributed by atoms with Gasteiger partial charge in [0.1, 0.15) is 11.9 Å². The van der Waals surface area contributed by atoms with Gasteiger partial charge in [-0.1, -0.05) is 12.1 Å². The first-order valence-corrected chi connectivity index (χ1v) is 6.11. The number of benzene rings is 2. The van der Waals surface area contributed by atoms with Crippen molar-refractivity contribution in [3.05, 3.63) is 65.0 Å². The summed E-state index contributed by atoms with van der Waals surface area (Å²) in [7, 11) is 0. The molecule has 0 fully saturated rings. The molecule has 2 aromatic carbocycles. The van der Waals surface area contributed by atoms with E-state index in [9.17, 15) is 9.18 Å². The quantitative estimate of drug-likeness (QED) is 0.938. The Morgan fingerprint density at radius 1 is 1.10 bits per heavy atom. The van der Waals surface area contributed by atoms with Crippen molar-refractivity contribution in [3.8, 4) is 12.1 Å². The first-order valence-electron chi connectivity index (χ1n) is 6.11. The highest BCUT2D eigenvalue weighted by Gasteiger charge is 2.08. The van der Waals surface area contributed by atoms with Gasteiger partial charge in [0.15, 0.2) is 0 Å². The molecule has 21 heavy (non-hydrogen) atoms. The Labute approximate surface area is 121 Å². The van der Waals surface area contributed by atoms with Gasteiger partial charge in [0, 0.05) is 0 Å². The largest absolute Gasteiger partial charge is 0.325 e. The molecule has 0 heterocycles. The number of rotatable bonds is 3. The van der Waals surface area contributed by atoms with E-state index in [0.717, 1.165) is 11.6 Å². The van der Waals surface area contributed by atoms with E-state index in [1.54, 1.807) is 24.3 Å². The summed E-state index contributed by atoms with van der Waals surface area (Å²) in [6.45, 7) is 0. The highest BCUT2D eigenvalue weighted by molar-refractivity contribution is 5.93. The molecule has 0 bridgehead atoms. The third-order valence-corrected chi connectivity index (χ3v) is 2.82. The molecule has 102 valence electrons. The molecule has 0 unspecified atom stereocenters. The molecule has 2 rings (SSSR count). The summed E-state index contributed by atoms with van der Waals surface area (Å²) in [6, 6.07) is 14.1. The number of halogens is 1. The zero-order valence-corrected chi connectivity index (χ0v) is 10.9. The topological polar surface area (TPSA) is 76.7 Å². The van der Waals surface area contributed by atoms with Crippen molar-refractivity contribution in [2.75, 3.05) is 5.32 Å². The lowest BCUT2D eigenvalue weighted by molar-refractivity contribution is -0.115. The van der Waals surface area contributed by atoms with E-state index in [-0.39, 0.29) is 23.6 Å². The molecule has 1 amide bonds. The van der Waals surface area contributed by atoms with E-state index in [4.69, 9.17) is 10.5 Å². The maximum atomic E-state index is 13.0. The van der Waals surface area contributed by atoms with Crippen molar-refractivity contribution < 1.29 is 9.18 Å². The molecule has 4 nitrogen and oxygen atoms in total. The lowest BCUT2D eigenvalue weighted by atomic mass is 10.1. The zero-order valence-electron chi connectivity index (χ0n) is 10.9. The van der Waals surface area contributed by atoms with Crippen LogP contribution < -0.4 is 5.32 Å². The first-order chi connectivity index (χ1) is 10.1. The van der Waals surface area contributed by atoms with Crippen LogP contribution in [0.2, 0.25) is 0 Å². The van der Waals surface area contributed by atoms with Crippen molar-refractivity contribution in [3.63, 3.8) is 0 Å². The molecule has 0 aliphatic rings. The fourth-order valence-corrected chi connectivity index (χ4v) is 1.79. The van der Waals surface area contributed by atoms with Crippen molar-refractivity contribution in [1.29, 1.82) is 10.5 Å². The predicted octanol–water partition coefficient (Wildman–Crippen LogP) is 2.75. The average molecular weight is 279 g/mol. The van der Waals surface area contributed by atoms with Gasteiger partial charge in [-0.25, -0.2) is 4.39 Å². The van der Waals surface area contributed by atoms with Crippen molar-refractivity contribution in [2.24, 2.45) is 0 Å². The molecule has 0 spiro atoms. The number of hydrogen-bond donors (Lipinski definition) is 1. The number of amides is 1. The van der Waals surface area contributed by atoms with Crippen LogP contribution in [0.15, 0.2) is 42.5 Å². The number of hydrogen-bond acceptors (Lipinski definition) is 3. The highest BCUT2D eigenvalue weighted by Crippen LogP contribution is 2.16. The van der Waals surface area contributed by atoms with Gasteiger partial charge in [0.2, 0.25) is 5.91 Å². The molecule has 0 atom stereocenters. The van der Waals surface area contributed by atoms with Gasteiger partial charge in [-0.15, -0.1) is 0 Å². The molecule has 1 N–H and O–H groups in total. The number of anilines is 1. The van der Waals surface area contributed by atoms with Crippen LogP contribution >= 0.6 is 0 Å². The summed E-state index contributed by atoms with van der Waals surface area (Å²) in [5, 5.41) is 20.2. The Morgan fingerprint density at radius 2 is 1.81 bits per heavy atom. The van der Waals surface area contributed by atoms with Gasteiger partial charge >= 0.3 is 0 Å². The smallest absolute Gasteiger partial charge is 0.228 e. The number of nitrogens with one attached hydrogen (secondary N) is 1. The summed E-state index contributed by atoms with van der Waals surface area (Å²) < 4.78 is 13.0. The molecule has 0 radical (unpaired) electrons. The van der Waals surface area contributed by atoms with Crippen molar-refractivity contribution >= 4 is 11.6 Å². The van der Waals surface area contributed by atoms with E-state index in [1.165, 1.54) is 12.1 Å². The van der Waals surface area contributed by atoms with Gasteiger partial charge in [-0.3, -0.25) is 4.79 Å². The van der Waals surface area contributed by atoms with Crippen LogP contribution in [0, 0.1) is 28.5 Å². The normalized spacial score (nSPS) is 9.48. The standard InChI is InChI=1S/C16H10FN3O/c17-14-5-6-15(13(8-14)10-19)20-16(21)7-11-1-3-12(9-18)4-2-11/h1-6,8H,7H2,(H,20,21). The fraction of sp³-hybridized carbons (Fsp3) is 0.0625. The molecule has 0 aromatic heterocycles. The van der Waals surface area contributed by atoms with Crippen LogP contribution in [0.25, 0.3) is 0 Å². The lowest BCUT2D eigenvalue weighted by Crippen LogP contribution is -2.15. The maximum absolute atomic E-state index is 13.0. The Kier molecular flexibility index (Phi) is 4.28. The van der Waals surface area contributed by atoms with Crippen molar-refractivity contribution in [2.45, 2.75) is 6.42 Å². The second kappa shape index (κ2) is 6.31. The minimum absolute atomic E-state index is 0.0724. The van der Waals surface area contributed by atoms with Gasteiger partial charge in [0.05, 0.1) is 29.3 Å². The summed E-state index contributed by atoms with van der Waals surface area (Å²) >= 11 is 0. The SMILES string of the molecule is N#Cc1ccc(CC(=O)Nc2ccc(F)cc2C#N)cc1. The van der Waals surface area contributed by atoms with Crippen LogP contribution in [-0.4, -0.2) is 5.91 Å². The van der Waals surface area contributed by atoms with Crippen LogP contribution in [0.4, 0.5) is 10.1 Å². The Balaban J connectivity index is 2.08. The van der Waals surface area contributed by atoms with Gasteiger partial charge in [-0.2, -0.15) is 10.5 Å². The molecule has 5 heteroatoms. The number of carbonyl (C=O) groups excluding carboxylic acids is 1. The van der Waals surface area contributed by atoms with Crippen LogP contribution in [0.1, 0.15) is 16.7 Å². The predicted molar refractivity (Wildman–Crippen MR) is 74.6 cm³/mol. The Morgan fingerprint density at radius 3 is 2.43 bits per heavy atom. The summed E-state index contributed by atoms with van der Waals surface area (Å²) in [4.78, 5) is 11.9. The van der Waals surface area contributed by atoms with Crippen LogP contribution in [0.3, 0.4) is 0 Å². The minimum Gasteiger partial charge on any atom is -0.325 e. The van der Waals surface area contributed by atoms with E-state index in [1.807, 2.05) is 12.1 Å². The minimum atomic E-state index is -0.531. The molecule has 0 aliphatic heterocycles. The number of carbonyl (C=O) groups is 1. The van der Waals surface area contributed by atoms with Gasteiger partial charge in [-0.05, 0) is 35.9 Å². The Bertz CT molecular complexity index is 755. The summed E-state index contributed by atoms with van der Waals surface area (Å²) in [5.41, 5.74) is 1.61. The summed E-state index contributed by atoms with van der Waals surface area (Å²) in [5.74, 6) is -0.848. The van der Waals surface area contributed by atoms with Crippen molar-refractivity contribution in [1.82, 2.24) is 0 Å². The van der Waals surface area contributed by atoms with E-state index < -0.39 is 5.82 Å². The first kappa shape index (κ1) is 14.2. The second-order valence-corrected chi connectivity index (χ2v) is 4.34. The fourth-order valence-electron chi connectivity index (χ4n) is 1.79. The second-order valence-electron chi connectivity index (χ2n) is 4.34. The van der Waals surface area contributed by atoms with E-state index in [0.29, 0.717) is 5.56 Å². The lowest BCUT2D eigenvalue weighted by Gasteiger charge is -2.07. The Hall–Kier alpha value is -3.18. The maximum Gasteiger partial charge on any atom is 0.228 e. The number of nitrogens with zero attached hydrogens (tertiary/aromatic N) is 2. The van der Waals surface area contributed by atoms with Crippen LogP contribution in [0.5, 0.6) is 0 Å². The zero-order chi connectivity index (χ0) is 15.2. The third-order valence-electron chi connectivity index (χ3n) is 2.82. The molecule has 0 aliphatic carbocycles. The highest BCUT2D eigenvalue weighted by atomic mass is 19.1. The monoisotopic (exact) mass is 279 g/mol. The van der Waals surface area contributed by atoms with Gasteiger partial charge in [0.25, 0.3) is 0 Å². The van der Waals surface area contributed by atoms with E-state index >= 15 is 0 Å². The van der Waals surface area contributed by atoms with E-state index in [2.05, 4.69) is 5.32 Å². The average Bonchev–Trinajstić information content (AvgIpc) is 2.49. The molecule has 2 aromatic rings. The molecular weight excluding hydrogens is 269 g/mol. The van der Waals surface area contributed by atoms with Crippen LogP contribution in [-0.2, 0) is 11.2 Å². The summed E-state index contributed by atoms with van der Waals surface area (Å²) in [6.07, 6.45) is 0.105.